The van der Waals surface area contributed by atoms with Gasteiger partial charge in [-0.1, -0.05) is 18.2 Å². The summed E-state index contributed by atoms with van der Waals surface area (Å²) in [7, 11) is 0. The molecule has 3 saturated heterocycles. The number of hydrogen-bond acceptors (Lipinski definition) is 4. The molecule has 1 atom stereocenters. The van der Waals surface area contributed by atoms with Gasteiger partial charge in [-0.3, -0.25) is 0 Å². The van der Waals surface area contributed by atoms with Crippen LogP contribution in [-0.2, 0) is 14.0 Å². The Balaban J connectivity index is 1.43. The normalized spacial score (nSPS) is 40.1. The van der Waals surface area contributed by atoms with Gasteiger partial charge in [-0.2, -0.15) is 0 Å². The molecule has 4 rings (SSSR count). The van der Waals surface area contributed by atoms with E-state index in [1.807, 2.05) is 30.3 Å². The molecule has 6 heteroatoms. The lowest BCUT2D eigenvalue weighted by molar-refractivity contribution is -0.816. The van der Waals surface area contributed by atoms with E-state index in [0.29, 0.717) is 6.61 Å². The first-order valence-electron chi connectivity index (χ1n) is 6.95. The van der Waals surface area contributed by atoms with E-state index in [4.69, 9.17) is 18.7 Å². The fourth-order valence-electron chi connectivity index (χ4n) is 3.57. The highest BCUT2D eigenvalue weighted by molar-refractivity contribution is 6.54. The fraction of sp³-hybridized carbons (Fsp3) is 0.538. The molecule has 102 valence electrons. The third kappa shape index (κ3) is 1.71. The lowest BCUT2D eigenvalue weighted by atomic mass is 9.94. The minimum absolute atomic E-state index is 0.0563. The first-order chi connectivity index (χ1) is 9.32. The maximum absolute atomic E-state index is 6.07. The predicted molar refractivity (Wildman–Crippen MR) is 69.3 cm³/mol. The van der Waals surface area contributed by atoms with Crippen LogP contribution in [0.2, 0.25) is 0 Å². The molecule has 3 aliphatic rings. The zero-order chi connectivity index (χ0) is 12.8. The summed E-state index contributed by atoms with van der Waals surface area (Å²) in [5.41, 5.74) is 0. The van der Waals surface area contributed by atoms with Crippen LogP contribution in [0.25, 0.3) is 0 Å². The number of hydrogen-bond donors (Lipinski definition) is 0. The fourth-order valence-corrected chi connectivity index (χ4v) is 3.57. The smallest absolute Gasteiger partial charge is 0.491 e. The second kappa shape index (κ2) is 4.21. The van der Waals surface area contributed by atoms with Gasteiger partial charge in [0.1, 0.15) is 18.5 Å². The summed E-state index contributed by atoms with van der Waals surface area (Å²) in [4.78, 5) is 0. The van der Waals surface area contributed by atoms with Gasteiger partial charge in [0.25, 0.3) is 0 Å². The average molecular weight is 263 g/mol. The summed E-state index contributed by atoms with van der Waals surface area (Å²) in [5.74, 6) is 0.880. The maximum Gasteiger partial charge on any atom is 0.625 e. The summed E-state index contributed by atoms with van der Waals surface area (Å²) in [6, 6.07) is 9.84. The summed E-state index contributed by atoms with van der Waals surface area (Å²) in [6.45, 7) is 3.43. The monoisotopic (exact) mass is 263 g/mol. The first kappa shape index (κ1) is 11.7. The van der Waals surface area contributed by atoms with Crippen molar-refractivity contribution in [2.75, 3.05) is 39.5 Å². The quantitative estimate of drug-likeness (QED) is 0.755. The third-order valence-electron chi connectivity index (χ3n) is 4.51. The highest BCUT2D eigenvalue weighted by Gasteiger charge is 2.66. The molecule has 0 radical (unpaired) electrons. The molecule has 1 aromatic carbocycles. The third-order valence-corrected chi connectivity index (χ3v) is 4.51. The van der Waals surface area contributed by atoms with E-state index < -0.39 is 6.89 Å². The van der Waals surface area contributed by atoms with Crippen LogP contribution in [0, 0.1) is 0 Å². The van der Waals surface area contributed by atoms with E-state index in [2.05, 4.69) is 0 Å². The second-order valence-electron chi connectivity index (χ2n) is 5.58. The highest BCUT2D eigenvalue weighted by atomic mass is 16.8. The standard InChI is InChI=1S/C13H18BNO4/c1-2-4-12(5-3-1)16-11-13-10-15-6-8-17-14(15,19-13)18-9-7-15/h1-5,13H,6-11H2/t13-,14?,15?/m1/s1. The zero-order valence-electron chi connectivity index (χ0n) is 10.9. The second-order valence-corrected chi connectivity index (χ2v) is 5.58. The van der Waals surface area contributed by atoms with Gasteiger partial charge in [-0.15, -0.1) is 0 Å². The van der Waals surface area contributed by atoms with Gasteiger partial charge in [-0.25, -0.2) is 0 Å². The van der Waals surface area contributed by atoms with Gasteiger partial charge >= 0.3 is 6.89 Å². The summed E-state index contributed by atoms with van der Waals surface area (Å²) in [6.07, 6.45) is 0.0563. The molecule has 19 heavy (non-hydrogen) atoms. The molecular weight excluding hydrogens is 245 g/mol. The Morgan fingerprint density at radius 3 is 2.58 bits per heavy atom. The zero-order valence-corrected chi connectivity index (χ0v) is 10.9. The molecule has 0 unspecified atom stereocenters. The number of nitrogens with zero attached hydrogens (tertiary/aromatic N) is 1. The molecule has 3 aliphatic heterocycles. The van der Waals surface area contributed by atoms with Gasteiger partial charge in [0.2, 0.25) is 0 Å². The minimum atomic E-state index is -1.55. The van der Waals surface area contributed by atoms with Crippen LogP contribution in [0.5, 0.6) is 5.75 Å². The SMILES string of the molecule is c1ccc(OC[C@H]2C[N+]34CCO[B-]3(OCC4)O2)cc1. The number of ether oxygens (including phenoxy) is 1. The average Bonchev–Trinajstić information content (AvgIpc) is 2.98. The van der Waals surface area contributed by atoms with Crippen LogP contribution in [0.3, 0.4) is 0 Å². The Kier molecular flexibility index (Phi) is 2.60. The van der Waals surface area contributed by atoms with Crippen molar-refractivity contribution in [3.8, 4) is 5.75 Å². The highest BCUT2D eigenvalue weighted by Crippen LogP contribution is 2.41. The van der Waals surface area contributed by atoms with Crippen molar-refractivity contribution >= 4 is 6.89 Å². The lowest BCUT2D eigenvalue weighted by Crippen LogP contribution is -2.59. The van der Waals surface area contributed by atoms with E-state index in [1.165, 1.54) is 0 Å². The topological polar surface area (TPSA) is 36.9 Å². The molecule has 0 bridgehead atoms. The molecule has 0 saturated carbocycles. The van der Waals surface area contributed by atoms with E-state index in [0.717, 1.165) is 43.0 Å². The van der Waals surface area contributed by atoms with Gasteiger partial charge in [0.15, 0.2) is 0 Å². The molecule has 0 aliphatic carbocycles. The van der Waals surface area contributed by atoms with Gasteiger partial charge in [-0.05, 0) is 12.1 Å². The number of benzene rings is 1. The summed E-state index contributed by atoms with van der Waals surface area (Å²) >= 11 is 0. The number of quaternary nitrogens is 1. The largest absolute Gasteiger partial charge is 0.625 e. The van der Waals surface area contributed by atoms with E-state index in [1.54, 1.807) is 0 Å². The molecule has 0 aromatic heterocycles. The predicted octanol–water partition coefficient (Wildman–Crippen LogP) is 0.777. The van der Waals surface area contributed by atoms with Gasteiger partial charge in [0, 0.05) is 0 Å². The Hall–Kier alpha value is -1.08. The van der Waals surface area contributed by atoms with Crippen molar-refractivity contribution < 1.29 is 23.1 Å². The van der Waals surface area contributed by atoms with Crippen molar-refractivity contribution in [1.82, 2.24) is 0 Å². The molecule has 0 N–H and O–H groups in total. The van der Waals surface area contributed by atoms with E-state index in [9.17, 15) is 0 Å². The molecule has 0 amide bonds. The number of rotatable bonds is 3. The number of para-hydroxylation sites is 1. The summed E-state index contributed by atoms with van der Waals surface area (Å²) in [5, 5.41) is 0. The van der Waals surface area contributed by atoms with Crippen LogP contribution in [0.1, 0.15) is 0 Å². The van der Waals surface area contributed by atoms with Crippen molar-refractivity contribution in [2.45, 2.75) is 6.10 Å². The molecule has 3 fully saturated rings. The van der Waals surface area contributed by atoms with Crippen molar-refractivity contribution in [3.05, 3.63) is 30.3 Å². The van der Waals surface area contributed by atoms with Crippen LogP contribution < -0.4 is 4.74 Å². The Bertz CT molecular complexity index is 439. The van der Waals surface area contributed by atoms with Crippen molar-refractivity contribution in [3.63, 3.8) is 0 Å². The Morgan fingerprint density at radius 1 is 1.16 bits per heavy atom. The van der Waals surface area contributed by atoms with Gasteiger partial charge < -0.3 is 23.1 Å². The van der Waals surface area contributed by atoms with Crippen molar-refractivity contribution in [2.24, 2.45) is 0 Å². The first-order valence-corrected chi connectivity index (χ1v) is 6.95. The van der Waals surface area contributed by atoms with Crippen LogP contribution >= 0.6 is 0 Å². The van der Waals surface area contributed by atoms with Gasteiger partial charge in [0.05, 0.1) is 32.8 Å². The molecule has 0 spiro atoms. The van der Waals surface area contributed by atoms with Crippen LogP contribution in [0.4, 0.5) is 0 Å². The lowest BCUT2D eigenvalue weighted by Gasteiger charge is -2.37. The van der Waals surface area contributed by atoms with Crippen molar-refractivity contribution in [1.29, 1.82) is 0 Å². The molecule has 5 nitrogen and oxygen atoms in total. The molecule has 3 heterocycles. The Labute approximate surface area is 112 Å². The molecule has 1 aromatic rings. The Morgan fingerprint density at radius 2 is 1.89 bits per heavy atom. The molecular formula is C13H18BNO4. The van der Waals surface area contributed by atoms with E-state index >= 15 is 0 Å². The van der Waals surface area contributed by atoms with E-state index in [-0.39, 0.29) is 6.10 Å². The minimum Gasteiger partial charge on any atom is -0.491 e. The van der Waals surface area contributed by atoms with Crippen LogP contribution in [0.15, 0.2) is 30.3 Å². The summed E-state index contributed by atoms with van der Waals surface area (Å²) < 4.78 is 24.3. The maximum atomic E-state index is 6.07. The van der Waals surface area contributed by atoms with Crippen LogP contribution in [-0.4, -0.2) is 56.8 Å².